The van der Waals surface area contributed by atoms with Gasteiger partial charge in [0.15, 0.2) is 5.82 Å². The first-order chi connectivity index (χ1) is 14.9. The van der Waals surface area contributed by atoms with E-state index in [0.717, 1.165) is 35.9 Å². The van der Waals surface area contributed by atoms with E-state index in [1.165, 1.54) is 10.5 Å². The number of benzene rings is 2. The summed E-state index contributed by atoms with van der Waals surface area (Å²) in [7, 11) is 0. The van der Waals surface area contributed by atoms with E-state index >= 15 is 0 Å². The van der Waals surface area contributed by atoms with Crippen LogP contribution in [0.2, 0.25) is 0 Å². The number of rotatable bonds is 7. The Morgan fingerprint density at radius 1 is 1.00 bits per heavy atom. The lowest BCUT2D eigenvalue weighted by atomic mass is 10.0. The summed E-state index contributed by atoms with van der Waals surface area (Å²) in [6, 6.07) is 13.0. The molecule has 31 heavy (non-hydrogen) atoms. The Morgan fingerprint density at radius 2 is 1.77 bits per heavy atom. The van der Waals surface area contributed by atoms with Crippen LogP contribution in [-0.2, 0) is 13.1 Å². The van der Waals surface area contributed by atoms with Crippen LogP contribution in [0, 0.1) is 13.8 Å². The smallest absolute Gasteiger partial charge is 0.336 e. The lowest BCUT2D eigenvalue weighted by Crippen LogP contribution is -3.09. The van der Waals surface area contributed by atoms with E-state index in [9.17, 15) is 9.59 Å². The number of hydrogen-bond donors (Lipinski definition) is 2. The molecule has 2 aromatic carbocycles. The van der Waals surface area contributed by atoms with Gasteiger partial charge in [-0.1, -0.05) is 25.5 Å². The quantitative estimate of drug-likeness (QED) is 0.452. The zero-order valence-corrected chi connectivity index (χ0v) is 18.2. The van der Waals surface area contributed by atoms with Gasteiger partial charge in [-0.3, -0.25) is 4.79 Å². The van der Waals surface area contributed by atoms with E-state index in [1.54, 1.807) is 12.1 Å². The van der Waals surface area contributed by atoms with E-state index in [4.69, 9.17) is 4.42 Å². The molecular formula is C25H28N3O3+. The molecule has 0 saturated heterocycles. The number of para-hydroxylation sites is 1. The zero-order valence-electron chi connectivity index (χ0n) is 18.2. The van der Waals surface area contributed by atoms with E-state index < -0.39 is 0 Å². The minimum atomic E-state index is -0.335. The molecular weight excluding hydrogens is 390 g/mol. The first-order valence-corrected chi connectivity index (χ1v) is 10.8. The second kappa shape index (κ2) is 8.86. The minimum Gasteiger partial charge on any atom is -0.423 e. The van der Waals surface area contributed by atoms with Crippen molar-refractivity contribution < 1.29 is 9.32 Å². The van der Waals surface area contributed by atoms with Gasteiger partial charge in [0.05, 0.1) is 17.4 Å². The highest BCUT2D eigenvalue weighted by Crippen LogP contribution is 2.21. The van der Waals surface area contributed by atoms with Crippen LogP contribution in [-0.4, -0.2) is 16.5 Å². The second-order valence-electron chi connectivity index (χ2n) is 8.26. The van der Waals surface area contributed by atoms with Crippen molar-refractivity contribution in [1.29, 1.82) is 0 Å². The molecule has 1 unspecified atom stereocenters. The number of nitrogens with one attached hydrogen (secondary N) is 2. The highest BCUT2D eigenvalue weighted by Gasteiger charge is 2.17. The number of hydrogen-bond acceptors (Lipinski definition) is 4. The SMILES string of the molecule is CCCC[NH+](Cc1nc2ccccc2c(=O)[nH]1)Cc1cc(=O)oc2cc(C)c(C)cc12. The predicted molar refractivity (Wildman–Crippen MR) is 122 cm³/mol. The molecule has 0 saturated carbocycles. The highest BCUT2D eigenvalue weighted by atomic mass is 16.4. The summed E-state index contributed by atoms with van der Waals surface area (Å²) in [5.41, 5.74) is 4.10. The maximum atomic E-state index is 12.5. The highest BCUT2D eigenvalue weighted by molar-refractivity contribution is 5.81. The molecule has 0 radical (unpaired) electrons. The zero-order chi connectivity index (χ0) is 22.0. The van der Waals surface area contributed by atoms with Crippen LogP contribution in [0.4, 0.5) is 0 Å². The van der Waals surface area contributed by atoms with Crippen LogP contribution in [0.3, 0.4) is 0 Å². The predicted octanol–water partition coefficient (Wildman–Crippen LogP) is 3.03. The summed E-state index contributed by atoms with van der Waals surface area (Å²) in [6.45, 7) is 8.39. The number of fused-ring (bicyclic) bond motifs is 2. The molecule has 2 aromatic heterocycles. The van der Waals surface area contributed by atoms with Crippen LogP contribution in [0.1, 0.15) is 42.3 Å². The number of unbranched alkanes of at least 4 members (excludes halogenated alkanes) is 1. The number of aromatic amines is 1. The van der Waals surface area contributed by atoms with Crippen LogP contribution in [0.5, 0.6) is 0 Å². The fraction of sp³-hybridized carbons (Fsp3) is 0.320. The Kier molecular flexibility index (Phi) is 6.00. The summed E-state index contributed by atoms with van der Waals surface area (Å²) in [5, 5.41) is 1.57. The summed E-state index contributed by atoms with van der Waals surface area (Å²) < 4.78 is 5.46. The van der Waals surface area contributed by atoms with Gasteiger partial charge < -0.3 is 14.3 Å². The van der Waals surface area contributed by atoms with Crippen molar-refractivity contribution in [3.05, 3.63) is 85.8 Å². The fourth-order valence-electron chi connectivity index (χ4n) is 4.02. The summed E-state index contributed by atoms with van der Waals surface area (Å²) in [4.78, 5) is 33.5. The minimum absolute atomic E-state index is 0.118. The number of nitrogens with zero attached hydrogens (tertiary/aromatic N) is 1. The van der Waals surface area contributed by atoms with Crippen molar-refractivity contribution >= 4 is 21.9 Å². The third-order valence-corrected chi connectivity index (χ3v) is 5.85. The maximum absolute atomic E-state index is 12.5. The third-order valence-electron chi connectivity index (χ3n) is 5.85. The van der Waals surface area contributed by atoms with Crippen LogP contribution >= 0.6 is 0 Å². The molecule has 1 atom stereocenters. The average Bonchev–Trinajstić information content (AvgIpc) is 2.73. The molecule has 0 aliphatic rings. The average molecular weight is 419 g/mol. The first-order valence-electron chi connectivity index (χ1n) is 10.8. The Bertz CT molecular complexity index is 1350. The molecule has 2 N–H and O–H groups in total. The van der Waals surface area contributed by atoms with Gasteiger partial charge in [-0.05, 0) is 55.7 Å². The van der Waals surface area contributed by atoms with Crippen LogP contribution in [0.25, 0.3) is 21.9 Å². The molecule has 4 aromatic rings. The fourth-order valence-corrected chi connectivity index (χ4v) is 4.02. The van der Waals surface area contributed by atoms with Crippen molar-refractivity contribution in [2.24, 2.45) is 0 Å². The summed E-state index contributed by atoms with van der Waals surface area (Å²) in [5.74, 6) is 0.661. The Hall–Kier alpha value is -3.25. The first kappa shape index (κ1) is 21.0. The summed E-state index contributed by atoms with van der Waals surface area (Å²) >= 11 is 0. The normalized spacial score (nSPS) is 12.5. The van der Waals surface area contributed by atoms with E-state index in [0.29, 0.717) is 35.4 Å². The molecule has 6 nitrogen and oxygen atoms in total. The Morgan fingerprint density at radius 3 is 2.58 bits per heavy atom. The van der Waals surface area contributed by atoms with Gasteiger partial charge in [0.1, 0.15) is 18.7 Å². The van der Waals surface area contributed by atoms with Gasteiger partial charge >= 0.3 is 5.63 Å². The van der Waals surface area contributed by atoms with Crippen molar-refractivity contribution in [2.75, 3.05) is 6.54 Å². The molecule has 2 heterocycles. The Labute approximate surface area is 180 Å². The lowest BCUT2D eigenvalue weighted by Gasteiger charge is -2.20. The van der Waals surface area contributed by atoms with E-state index in [1.807, 2.05) is 31.2 Å². The largest absolute Gasteiger partial charge is 0.423 e. The monoisotopic (exact) mass is 418 g/mol. The number of aromatic nitrogens is 2. The number of quaternary nitrogens is 1. The molecule has 0 fully saturated rings. The van der Waals surface area contributed by atoms with Crippen molar-refractivity contribution in [3.8, 4) is 0 Å². The van der Waals surface area contributed by atoms with Gasteiger partial charge in [-0.2, -0.15) is 0 Å². The molecule has 6 heteroatoms. The topological polar surface area (TPSA) is 80.4 Å². The molecule has 0 bridgehead atoms. The standard InChI is InChI=1S/C25H27N3O3/c1-4-5-10-28(15-23-26-21-9-7-6-8-19(21)25(30)27-23)14-18-13-24(29)31-22-12-17(3)16(2)11-20(18)22/h6-9,11-13H,4-5,10,14-15H2,1-3H3,(H,26,27,30)/p+1. The van der Waals surface area contributed by atoms with Crippen molar-refractivity contribution in [2.45, 2.75) is 46.7 Å². The number of aryl methyl sites for hydroxylation is 2. The van der Waals surface area contributed by atoms with E-state index in [-0.39, 0.29) is 11.2 Å². The lowest BCUT2D eigenvalue weighted by molar-refractivity contribution is -0.928. The Balaban J connectivity index is 1.70. The van der Waals surface area contributed by atoms with Gasteiger partial charge in [0.25, 0.3) is 5.56 Å². The van der Waals surface area contributed by atoms with Crippen LogP contribution < -0.4 is 16.1 Å². The van der Waals surface area contributed by atoms with Gasteiger partial charge in [-0.25, -0.2) is 9.78 Å². The molecule has 0 amide bonds. The van der Waals surface area contributed by atoms with Gasteiger partial charge in [-0.15, -0.1) is 0 Å². The van der Waals surface area contributed by atoms with Gasteiger partial charge in [0.2, 0.25) is 0 Å². The molecule has 160 valence electrons. The third kappa shape index (κ3) is 4.59. The van der Waals surface area contributed by atoms with E-state index in [2.05, 4.69) is 29.9 Å². The number of H-pyrrole nitrogens is 1. The van der Waals surface area contributed by atoms with Crippen molar-refractivity contribution in [3.63, 3.8) is 0 Å². The molecule has 0 spiro atoms. The van der Waals surface area contributed by atoms with Crippen molar-refractivity contribution in [1.82, 2.24) is 9.97 Å². The molecule has 4 rings (SSSR count). The summed E-state index contributed by atoms with van der Waals surface area (Å²) in [6.07, 6.45) is 2.12. The maximum Gasteiger partial charge on any atom is 0.336 e. The van der Waals surface area contributed by atoms with Crippen LogP contribution in [0.15, 0.2) is 56.5 Å². The second-order valence-corrected chi connectivity index (χ2v) is 8.26. The van der Waals surface area contributed by atoms with Gasteiger partial charge in [0, 0.05) is 17.0 Å². The molecule has 0 aliphatic heterocycles. The molecule has 0 aliphatic carbocycles.